The van der Waals surface area contributed by atoms with Crippen molar-refractivity contribution in [3.63, 3.8) is 0 Å². The third-order valence-corrected chi connectivity index (χ3v) is 2.72. The van der Waals surface area contributed by atoms with Crippen molar-refractivity contribution in [1.82, 2.24) is 0 Å². The Bertz CT molecular complexity index is 434. The minimum Gasteiger partial charge on any atom is -0.478 e. The number of halogens is 1. The summed E-state index contributed by atoms with van der Waals surface area (Å²) in [4.78, 5) is 15.5. The zero-order chi connectivity index (χ0) is 13.5. The van der Waals surface area contributed by atoms with E-state index in [1.807, 2.05) is 0 Å². The fourth-order valence-corrected chi connectivity index (χ4v) is 1.85. The zero-order valence-corrected chi connectivity index (χ0v) is 10.3. The Morgan fingerprint density at radius 1 is 1.56 bits per heavy atom. The molecule has 5 heteroatoms. The van der Waals surface area contributed by atoms with Gasteiger partial charge in [-0.25, -0.2) is 9.18 Å². The molecule has 0 spiro atoms. The normalized spacial score (nSPS) is 14.4. The van der Waals surface area contributed by atoms with Crippen LogP contribution in [0.4, 0.5) is 4.39 Å². The molecule has 0 saturated carbocycles. The molecular weight excluding hydrogens is 237 g/mol. The maximum absolute atomic E-state index is 14.0. The molecule has 1 rings (SSSR count). The van der Waals surface area contributed by atoms with Gasteiger partial charge in [0.15, 0.2) is 0 Å². The van der Waals surface area contributed by atoms with Crippen molar-refractivity contribution in [3.05, 3.63) is 35.4 Å². The Morgan fingerprint density at radius 3 is 2.78 bits per heavy atom. The van der Waals surface area contributed by atoms with E-state index < -0.39 is 18.1 Å². The number of alkyl halides is 1. The first-order chi connectivity index (χ1) is 8.61. The number of rotatable bonds is 6. The number of nitrogens with zero attached hydrogens (tertiary/aromatic N) is 1. The molecule has 4 nitrogen and oxygen atoms in total. The molecule has 0 saturated heterocycles. The van der Waals surface area contributed by atoms with Crippen molar-refractivity contribution in [2.45, 2.75) is 25.4 Å². The highest BCUT2D eigenvalue weighted by Crippen LogP contribution is 2.27. The smallest absolute Gasteiger partial charge is 0.335 e. The molecule has 1 aromatic rings. The number of hydrogen-bond donors (Lipinski definition) is 1. The summed E-state index contributed by atoms with van der Waals surface area (Å²) in [6, 6.07) is 6.42. The maximum Gasteiger partial charge on any atom is 0.335 e. The number of aromatic carboxylic acids is 1. The van der Waals surface area contributed by atoms with Crippen LogP contribution in [-0.4, -0.2) is 30.6 Å². The van der Waals surface area contributed by atoms with E-state index in [2.05, 4.69) is 9.99 Å². The summed E-state index contributed by atoms with van der Waals surface area (Å²) in [5.41, 5.74) is 0.598. The Kier molecular flexibility index (Phi) is 5.30. The van der Waals surface area contributed by atoms with Crippen molar-refractivity contribution in [2.24, 2.45) is 5.16 Å². The molecule has 1 N–H and O–H groups in total. The van der Waals surface area contributed by atoms with E-state index in [9.17, 15) is 9.18 Å². The number of carbonyl (C=O) groups is 1. The lowest BCUT2D eigenvalue weighted by atomic mass is 9.88. The molecule has 2 atom stereocenters. The highest BCUT2D eigenvalue weighted by Gasteiger charge is 2.24. The summed E-state index contributed by atoms with van der Waals surface area (Å²) in [7, 11) is 1.33. The fourth-order valence-electron chi connectivity index (χ4n) is 1.85. The Balaban J connectivity index is 3.08. The van der Waals surface area contributed by atoms with Crippen LogP contribution in [0.25, 0.3) is 0 Å². The predicted octanol–water partition coefficient (Wildman–Crippen LogP) is 2.85. The lowest BCUT2D eigenvalue weighted by Crippen LogP contribution is -2.18. The van der Waals surface area contributed by atoms with Gasteiger partial charge in [0.1, 0.15) is 13.3 Å². The molecule has 0 aliphatic carbocycles. The molecule has 0 heterocycles. The van der Waals surface area contributed by atoms with Gasteiger partial charge >= 0.3 is 5.97 Å². The molecule has 0 bridgehead atoms. The lowest BCUT2D eigenvalue weighted by molar-refractivity contribution is 0.0694. The topological polar surface area (TPSA) is 58.9 Å². The number of carboxylic acid groups (broad SMARTS) is 1. The third-order valence-electron chi connectivity index (χ3n) is 2.72. The molecule has 0 fully saturated rings. The summed E-state index contributed by atoms with van der Waals surface area (Å²) >= 11 is 0. The van der Waals surface area contributed by atoms with E-state index in [0.717, 1.165) is 6.21 Å². The summed E-state index contributed by atoms with van der Waals surface area (Å²) in [5.74, 6) is -1.60. The van der Waals surface area contributed by atoms with Gasteiger partial charge < -0.3 is 9.94 Å². The molecule has 1 aromatic carbocycles. The predicted molar refractivity (Wildman–Crippen MR) is 66.8 cm³/mol. The van der Waals surface area contributed by atoms with Gasteiger partial charge in [0.25, 0.3) is 0 Å². The average molecular weight is 253 g/mol. The molecule has 0 amide bonds. The molecule has 2 unspecified atom stereocenters. The van der Waals surface area contributed by atoms with Gasteiger partial charge in [0, 0.05) is 5.92 Å². The van der Waals surface area contributed by atoms with Crippen molar-refractivity contribution < 1.29 is 19.1 Å². The Morgan fingerprint density at radius 2 is 2.22 bits per heavy atom. The van der Waals surface area contributed by atoms with E-state index in [4.69, 9.17) is 5.11 Å². The van der Waals surface area contributed by atoms with Gasteiger partial charge in [-0.05, 0) is 18.1 Å². The van der Waals surface area contributed by atoms with E-state index in [-0.39, 0.29) is 5.56 Å². The highest BCUT2D eigenvalue weighted by atomic mass is 19.1. The highest BCUT2D eigenvalue weighted by molar-refractivity contribution is 5.89. The van der Waals surface area contributed by atoms with Gasteiger partial charge in [0.05, 0.1) is 11.8 Å². The number of benzene rings is 1. The molecule has 0 aromatic heterocycles. The fraction of sp³-hybridized carbons (Fsp3) is 0.385. The second kappa shape index (κ2) is 6.74. The molecule has 0 aliphatic heterocycles. The van der Waals surface area contributed by atoms with Crippen LogP contribution in [0, 0.1) is 0 Å². The average Bonchev–Trinajstić information content (AvgIpc) is 2.37. The van der Waals surface area contributed by atoms with Crippen LogP contribution in [0.15, 0.2) is 29.4 Å². The van der Waals surface area contributed by atoms with Crippen LogP contribution in [-0.2, 0) is 4.84 Å². The van der Waals surface area contributed by atoms with Crippen molar-refractivity contribution in [2.75, 3.05) is 7.11 Å². The molecule has 98 valence electrons. The molecule has 18 heavy (non-hydrogen) atoms. The Labute approximate surface area is 105 Å². The van der Waals surface area contributed by atoms with Gasteiger partial charge in [-0.15, -0.1) is 0 Å². The second-order valence-corrected chi connectivity index (χ2v) is 3.79. The van der Waals surface area contributed by atoms with Crippen molar-refractivity contribution in [1.29, 1.82) is 0 Å². The SMILES string of the molecule is CCC(c1ccccc1C(=O)O)C(F)C=NOC. The van der Waals surface area contributed by atoms with Gasteiger partial charge in [0.2, 0.25) is 0 Å². The van der Waals surface area contributed by atoms with Gasteiger partial charge in [-0.3, -0.25) is 0 Å². The van der Waals surface area contributed by atoms with E-state index >= 15 is 0 Å². The van der Waals surface area contributed by atoms with E-state index in [1.165, 1.54) is 13.2 Å². The largest absolute Gasteiger partial charge is 0.478 e. The summed E-state index contributed by atoms with van der Waals surface area (Å²) in [6.45, 7) is 1.80. The zero-order valence-electron chi connectivity index (χ0n) is 10.3. The van der Waals surface area contributed by atoms with Gasteiger partial charge in [-0.2, -0.15) is 0 Å². The monoisotopic (exact) mass is 253 g/mol. The molecule has 0 radical (unpaired) electrons. The first-order valence-corrected chi connectivity index (χ1v) is 5.64. The quantitative estimate of drug-likeness (QED) is 0.626. The van der Waals surface area contributed by atoms with Gasteiger partial charge in [-0.1, -0.05) is 30.3 Å². The minimum absolute atomic E-state index is 0.123. The lowest BCUT2D eigenvalue weighted by Gasteiger charge is -2.18. The van der Waals surface area contributed by atoms with Crippen LogP contribution in [0.3, 0.4) is 0 Å². The number of carboxylic acids is 1. The van der Waals surface area contributed by atoms with E-state index in [0.29, 0.717) is 12.0 Å². The third kappa shape index (κ3) is 3.29. The van der Waals surface area contributed by atoms with Crippen LogP contribution < -0.4 is 0 Å². The van der Waals surface area contributed by atoms with E-state index in [1.54, 1.807) is 25.1 Å². The first-order valence-electron chi connectivity index (χ1n) is 5.64. The number of hydrogen-bond acceptors (Lipinski definition) is 3. The summed E-state index contributed by atoms with van der Waals surface area (Å²) in [6.07, 6.45) is 0.143. The molecule has 0 aliphatic rings. The number of oxime groups is 1. The van der Waals surface area contributed by atoms with Crippen LogP contribution in [0.5, 0.6) is 0 Å². The minimum atomic E-state index is -1.38. The van der Waals surface area contributed by atoms with Crippen molar-refractivity contribution in [3.8, 4) is 0 Å². The summed E-state index contributed by atoms with van der Waals surface area (Å²) in [5, 5.41) is 12.5. The Hall–Kier alpha value is -1.91. The first kappa shape index (κ1) is 14.2. The van der Waals surface area contributed by atoms with Crippen molar-refractivity contribution >= 4 is 12.2 Å². The standard InChI is InChI=1S/C13H16FNO3/c1-3-9(12(14)8-15-18-2)10-6-4-5-7-11(10)13(16)17/h4-9,12H,3H2,1-2H3,(H,16,17). The van der Waals surface area contributed by atoms with Crippen LogP contribution in [0.1, 0.15) is 35.2 Å². The molecular formula is C13H16FNO3. The van der Waals surface area contributed by atoms with Crippen LogP contribution in [0.2, 0.25) is 0 Å². The summed E-state index contributed by atoms with van der Waals surface area (Å²) < 4.78 is 14.0. The maximum atomic E-state index is 14.0. The second-order valence-electron chi connectivity index (χ2n) is 3.79. The van der Waals surface area contributed by atoms with Crippen LogP contribution >= 0.6 is 0 Å².